The van der Waals surface area contributed by atoms with Gasteiger partial charge < -0.3 is 89.9 Å². The second-order valence-corrected chi connectivity index (χ2v) is 26.0. The van der Waals surface area contributed by atoms with Gasteiger partial charge in [-0.05, 0) is 77.0 Å². The van der Waals surface area contributed by atoms with Crippen LogP contribution >= 0.6 is 0 Å². The number of hydrogen-bond acceptors (Lipinski definition) is 18. The zero-order valence-electron chi connectivity index (χ0n) is 58.1. The highest BCUT2D eigenvalue weighted by Crippen LogP contribution is 2.33. The molecule has 0 aromatic rings. The molecule has 95 heavy (non-hydrogen) atoms. The average molecular weight is 1350 g/mol. The number of amides is 1. The molecule has 12 N–H and O–H groups in total. The van der Waals surface area contributed by atoms with Crippen LogP contribution < -0.4 is 5.32 Å². The van der Waals surface area contributed by atoms with E-state index in [-0.39, 0.29) is 18.9 Å². The highest BCUT2D eigenvalue weighted by atomic mass is 16.8. The van der Waals surface area contributed by atoms with E-state index in [0.29, 0.717) is 12.8 Å². The van der Waals surface area contributed by atoms with Crippen molar-refractivity contribution < 1.29 is 89.4 Å². The maximum absolute atomic E-state index is 13.5. The summed E-state index contributed by atoms with van der Waals surface area (Å²) in [6.07, 6.45) is 47.6. The minimum atomic E-state index is -1.98. The van der Waals surface area contributed by atoms with E-state index in [1.807, 2.05) is 0 Å². The predicted molar refractivity (Wildman–Crippen MR) is 374 cm³/mol. The van der Waals surface area contributed by atoms with Gasteiger partial charge in [-0.15, -0.1) is 0 Å². The van der Waals surface area contributed by atoms with Gasteiger partial charge >= 0.3 is 0 Å². The Kier molecular flexibility index (Phi) is 51.1. The first-order valence-electron chi connectivity index (χ1n) is 37.0. The first-order valence-corrected chi connectivity index (χ1v) is 37.0. The Labute approximate surface area is 571 Å². The summed E-state index contributed by atoms with van der Waals surface area (Å²) in [7, 11) is 0. The van der Waals surface area contributed by atoms with E-state index in [9.17, 15) is 61.0 Å². The molecular weight excluding hydrogens is 1210 g/mol. The molecule has 17 atom stereocenters. The summed E-state index contributed by atoms with van der Waals surface area (Å²) in [6, 6.07) is -0.903. The van der Waals surface area contributed by atoms with Crippen LogP contribution in [0, 0.1) is 0 Å². The molecule has 19 heteroatoms. The minimum Gasteiger partial charge on any atom is -0.394 e. The number of carbonyl (C=O) groups excluding carboxylic acids is 1. The van der Waals surface area contributed by atoms with Crippen molar-refractivity contribution in [3.63, 3.8) is 0 Å². The van der Waals surface area contributed by atoms with Crippen LogP contribution in [-0.2, 0) is 33.2 Å². The maximum Gasteiger partial charge on any atom is 0.220 e. The summed E-state index contributed by atoms with van der Waals surface area (Å²) in [5.74, 6) is -0.260. The van der Waals surface area contributed by atoms with Gasteiger partial charge in [0.2, 0.25) is 5.91 Å². The molecule has 0 aromatic carbocycles. The van der Waals surface area contributed by atoms with Gasteiger partial charge in [0.1, 0.15) is 73.2 Å². The van der Waals surface area contributed by atoms with Gasteiger partial charge in [-0.25, -0.2) is 0 Å². The van der Waals surface area contributed by atoms with E-state index in [1.165, 1.54) is 96.3 Å². The summed E-state index contributed by atoms with van der Waals surface area (Å²) in [5.41, 5.74) is 0. The lowest BCUT2D eigenvalue weighted by atomic mass is 9.96. The molecule has 3 rings (SSSR count). The van der Waals surface area contributed by atoms with Crippen molar-refractivity contribution in [3.8, 4) is 0 Å². The lowest BCUT2D eigenvalue weighted by Gasteiger charge is -2.48. The highest BCUT2D eigenvalue weighted by Gasteiger charge is 2.53. The molecule has 0 aromatic heterocycles. The smallest absolute Gasteiger partial charge is 0.220 e. The van der Waals surface area contributed by atoms with Crippen molar-refractivity contribution in [2.24, 2.45) is 0 Å². The number of hydrogen-bond donors (Lipinski definition) is 12. The van der Waals surface area contributed by atoms with Gasteiger partial charge in [-0.3, -0.25) is 4.79 Å². The minimum absolute atomic E-state index is 0.243. The molecule has 0 radical (unpaired) electrons. The Morgan fingerprint density at radius 3 is 1.14 bits per heavy atom. The summed E-state index contributed by atoms with van der Waals surface area (Å²) >= 11 is 0. The number of aliphatic hydroxyl groups is 11. The molecule has 0 saturated carbocycles. The van der Waals surface area contributed by atoms with Gasteiger partial charge in [0.25, 0.3) is 0 Å². The predicted octanol–water partition coefficient (Wildman–Crippen LogP) is 10.8. The third kappa shape index (κ3) is 37.6. The van der Waals surface area contributed by atoms with Gasteiger partial charge in [-0.1, -0.05) is 259 Å². The molecule has 19 nitrogen and oxygen atoms in total. The SMILES string of the molecule is CC/C=C\C/C=C\C/C=C\C/C=C\C/C=C\C/C=C\C/C=C\C/C=C\CCCCCCCCC(=O)NC(COC1OC(CO)C(OC2OC(CO)C(OC3OC(CO)C(O)C(O)C3O)C(O)C2O)C(O)C1O)C(O)CCCCCCCCCCCCCCCCCCCCC. The largest absolute Gasteiger partial charge is 0.394 e. The molecule has 3 aliphatic heterocycles. The second-order valence-electron chi connectivity index (χ2n) is 26.0. The number of allylic oxidation sites excluding steroid dienone is 16. The molecule has 3 heterocycles. The topological polar surface area (TPSA) is 307 Å². The van der Waals surface area contributed by atoms with E-state index in [0.717, 1.165) is 116 Å². The maximum atomic E-state index is 13.5. The number of rotatable bonds is 56. The summed E-state index contributed by atoms with van der Waals surface area (Å²) in [5, 5.41) is 121. The van der Waals surface area contributed by atoms with Gasteiger partial charge in [0, 0.05) is 6.42 Å². The average Bonchev–Trinajstić information content (AvgIpc) is 0.787. The molecule has 0 bridgehead atoms. The van der Waals surface area contributed by atoms with Crippen LogP contribution in [0.1, 0.15) is 245 Å². The second kappa shape index (κ2) is 56.5. The number of nitrogens with one attached hydrogen (secondary N) is 1. The van der Waals surface area contributed by atoms with Crippen LogP contribution in [0.3, 0.4) is 0 Å². The van der Waals surface area contributed by atoms with E-state index in [4.69, 9.17) is 28.4 Å². The summed E-state index contributed by atoms with van der Waals surface area (Å²) in [4.78, 5) is 13.5. The quantitative estimate of drug-likeness (QED) is 0.0199. The Balaban J connectivity index is 1.41. The van der Waals surface area contributed by atoms with Gasteiger partial charge in [0.05, 0.1) is 38.6 Å². The van der Waals surface area contributed by atoms with Crippen molar-refractivity contribution in [2.75, 3.05) is 26.4 Å². The van der Waals surface area contributed by atoms with E-state index in [2.05, 4.69) is 116 Å². The van der Waals surface area contributed by atoms with Crippen molar-refractivity contribution in [1.29, 1.82) is 0 Å². The molecule has 548 valence electrons. The normalized spacial score (nSPS) is 27.8. The van der Waals surface area contributed by atoms with Gasteiger partial charge in [0.15, 0.2) is 18.9 Å². The third-order valence-corrected chi connectivity index (χ3v) is 17.9. The number of unbranched alkanes of at least 4 members (excludes halogenated alkanes) is 24. The van der Waals surface area contributed by atoms with E-state index < -0.39 is 124 Å². The van der Waals surface area contributed by atoms with E-state index >= 15 is 0 Å². The van der Waals surface area contributed by atoms with Crippen molar-refractivity contribution >= 4 is 5.91 Å². The lowest BCUT2D eigenvalue weighted by Crippen LogP contribution is -2.66. The Morgan fingerprint density at radius 2 is 0.726 bits per heavy atom. The van der Waals surface area contributed by atoms with Crippen LogP contribution in [0.5, 0.6) is 0 Å². The standard InChI is InChI=1S/C76H131NO18/c1-3-5-7-9-11-13-15-17-19-21-23-24-25-26-27-28-29-30-31-32-33-34-36-38-40-42-44-46-48-50-52-54-64(82)77-59(60(81)53-51-49-47-45-43-41-39-37-35-22-20-18-16-14-12-10-8-6-4-2)58-90-74-70(88)67(85)72(62(56-79)92-74)95-76-71(89)68(86)73(63(57-80)93-76)94-75-69(87)66(84)65(83)61(55-78)91-75/h5,7,11,13,17,19,23-24,26-27,29-30,32-33,36,38,59-63,65-76,78-81,83-89H,3-4,6,8-10,12,14-16,18,20-22,25,28,31,34-35,37,39-58H2,1-2H3,(H,77,82)/b7-5-,13-11-,19-17-,24-23-,27-26-,30-29-,33-32-,38-36-. The van der Waals surface area contributed by atoms with Crippen LogP contribution in [0.15, 0.2) is 97.2 Å². The zero-order valence-corrected chi connectivity index (χ0v) is 58.1. The Bertz CT molecular complexity index is 2100. The van der Waals surface area contributed by atoms with Crippen LogP contribution in [0.2, 0.25) is 0 Å². The molecule has 0 aliphatic carbocycles. The third-order valence-electron chi connectivity index (χ3n) is 17.9. The molecule has 0 spiro atoms. The van der Waals surface area contributed by atoms with Gasteiger partial charge in [-0.2, -0.15) is 0 Å². The Morgan fingerprint density at radius 1 is 0.389 bits per heavy atom. The number of aliphatic hydroxyl groups excluding tert-OH is 11. The zero-order chi connectivity index (χ0) is 68.9. The van der Waals surface area contributed by atoms with Crippen LogP contribution in [0.25, 0.3) is 0 Å². The van der Waals surface area contributed by atoms with E-state index in [1.54, 1.807) is 0 Å². The molecule has 3 aliphatic rings. The molecule has 1 amide bonds. The first-order chi connectivity index (χ1) is 46.3. The van der Waals surface area contributed by atoms with Crippen molar-refractivity contribution in [1.82, 2.24) is 5.32 Å². The molecule has 17 unspecified atom stereocenters. The highest BCUT2D eigenvalue weighted by molar-refractivity contribution is 5.76. The first kappa shape index (κ1) is 85.9. The Hall–Kier alpha value is -3.29. The summed E-state index contributed by atoms with van der Waals surface area (Å²) < 4.78 is 34.4. The van der Waals surface area contributed by atoms with Crippen LogP contribution in [-0.4, -0.2) is 193 Å². The summed E-state index contributed by atoms with van der Waals surface area (Å²) in [6.45, 7) is 1.68. The lowest BCUT2D eigenvalue weighted by molar-refractivity contribution is -0.379. The van der Waals surface area contributed by atoms with Crippen molar-refractivity contribution in [3.05, 3.63) is 97.2 Å². The van der Waals surface area contributed by atoms with Crippen molar-refractivity contribution in [2.45, 2.75) is 349 Å². The van der Waals surface area contributed by atoms with Crippen LogP contribution in [0.4, 0.5) is 0 Å². The fourth-order valence-electron chi connectivity index (χ4n) is 12.0. The molecular formula is C76H131NO18. The number of ether oxygens (including phenoxy) is 6. The number of carbonyl (C=O) groups is 1. The molecule has 3 fully saturated rings. The fraction of sp³-hybridized carbons (Fsp3) is 0.776. The monoisotopic (exact) mass is 1350 g/mol. The fourth-order valence-corrected chi connectivity index (χ4v) is 12.0. The molecule has 3 saturated heterocycles.